The lowest BCUT2D eigenvalue weighted by Gasteiger charge is -2.46. The highest BCUT2D eigenvalue weighted by Crippen LogP contribution is 2.56. The van der Waals surface area contributed by atoms with Gasteiger partial charge in [0.05, 0.1) is 0 Å². The Morgan fingerprint density at radius 1 is 0.0756 bits per heavy atom. The lowest BCUT2D eigenvalue weighted by molar-refractivity contribution is 0.0458. The first-order valence-electron chi connectivity index (χ1n) is 54.9. The van der Waals surface area contributed by atoms with Crippen LogP contribution in [-0.2, 0) is 0 Å². The summed E-state index contributed by atoms with van der Waals surface area (Å²) >= 11 is 0. The van der Waals surface area contributed by atoms with E-state index in [1.807, 2.05) is 0 Å². The van der Waals surface area contributed by atoms with Crippen LogP contribution >= 0.6 is 0 Å². The molecule has 0 radical (unpaired) electrons. The van der Waals surface area contributed by atoms with Crippen molar-refractivity contribution in [2.45, 2.75) is 675 Å². The average molecular weight is 1690 g/mol. The quantitative estimate of drug-likeness (QED) is 0.0569. The van der Waals surface area contributed by atoms with E-state index in [2.05, 4.69) is 360 Å². The van der Waals surface area contributed by atoms with Crippen LogP contribution in [0.15, 0.2) is 0 Å². The largest absolute Gasteiger partial charge is 0.0649 e. The van der Waals surface area contributed by atoms with Crippen molar-refractivity contribution in [3.05, 3.63) is 0 Å². The second kappa shape index (κ2) is 65.5. The van der Waals surface area contributed by atoms with Gasteiger partial charge in [-0.2, -0.15) is 0 Å². The SMILES string of the molecule is CCC(C)(CC)CC.CCC(C)(CC)CC(C)(CC)CC.CCC(C)(CC)CC(C)(CC)CC(C)(CC)CC.CCC(C)(CC)CC(C)(CC)CC(C)(CC)CC(C)(CC)CC.CCC(C)(CC)CC(CC)(CC)CC.CCC(C)(CC)CC(CC)(CC)CC(C)(CC)CC.CCC(CC)(CC)CC.CCC(CC)(CC)CC(CC)(CC)CC. The molecule has 2 unspecified atom stereocenters. The van der Waals surface area contributed by atoms with Crippen molar-refractivity contribution >= 4 is 0 Å². The summed E-state index contributed by atoms with van der Waals surface area (Å²) in [5.41, 5.74) is 10.0. The van der Waals surface area contributed by atoms with Crippen molar-refractivity contribution in [3.8, 4) is 0 Å². The summed E-state index contributed by atoms with van der Waals surface area (Å²) in [5.74, 6) is 0. The van der Waals surface area contributed by atoms with Crippen LogP contribution in [0.5, 0.6) is 0 Å². The minimum absolute atomic E-state index is 0.480. The second-order valence-electron chi connectivity index (χ2n) is 46.6. The van der Waals surface area contributed by atoms with Crippen LogP contribution < -0.4 is 0 Å². The molecule has 0 aliphatic heterocycles. The molecule has 0 saturated heterocycles. The van der Waals surface area contributed by atoms with Crippen LogP contribution in [0.2, 0.25) is 0 Å². The monoisotopic (exact) mass is 1680 g/mol. The maximum atomic E-state index is 2.57. The molecule has 0 aromatic carbocycles. The molecule has 0 heterocycles. The van der Waals surface area contributed by atoms with Gasteiger partial charge >= 0.3 is 0 Å². The topological polar surface area (TPSA) is 0 Å². The van der Waals surface area contributed by atoms with Crippen molar-refractivity contribution in [3.63, 3.8) is 0 Å². The standard InChI is InChI=1S/C23H48.C19H40.C18H38.C15H32.C14H30.C13H28.C9H20.C8H18/c1-11-20(7,12-2)17-22(9,15-5)19-23(10,16-6)18-21(8,13-3)14-4;1-9-17(7,10-2)15-19(13-5,14-6)16-18(8,11-3)12-4;1-9-16(6,10-2)14-18(8,13-5)15-17(7,11-3)12-4;1-7-14(8-2,9-3)13-15(10-4,11-5)12-6;1-7-13(6,8-2)12-14(9-3,10-4)11-5;1-7-12(5,8-2)11-13(6,9-3)10-4;1-5-9(6-2,7-3)8-4;1-5-8(4,6-2)7-3/h11-19H2,1-10H3;9-16H2,1-8H3;9-15H2,1-8H3;7-13H2,1-6H3;7-12H2,1-6H3;7-11H2,1-6H3;5-8H2,1-4H3;5-7H2,1-4H3. The van der Waals surface area contributed by atoms with E-state index in [1.165, 1.54) is 315 Å². The summed E-state index contributed by atoms with van der Waals surface area (Å²) in [5, 5.41) is 0. The Bertz CT molecular complexity index is 2040. The predicted octanol–water partition coefficient (Wildman–Crippen LogP) is 45.8. The van der Waals surface area contributed by atoms with Gasteiger partial charge in [-0.05, 0) is 162 Å². The van der Waals surface area contributed by atoms with Crippen LogP contribution in [0.1, 0.15) is 675 Å². The Kier molecular flexibility index (Phi) is 74.1. The zero-order chi connectivity index (χ0) is 95.6. The van der Waals surface area contributed by atoms with Gasteiger partial charge < -0.3 is 0 Å². The zero-order valence-electron chi connectivity index (χ0n) is 95.6. The van der Waals surface area contributed by atoms with Crippen LogP contribution in [-0.4, -0.2) is 0 Å². The van der Waals surface area contributed by atoms with E-state index in [0.29, 0.717) is 97.5 Å². The van der Waals surface area contributed by atoms with Crippen LogP contribution in [0, 0.1) is 97.5 Å². The molecule has 0 amide bonds. The Hall–Kier alpha value is 0. The van der Waals surface area contributed by atoms with Crippen molar-refractivity contribution in [1.82, 2.24) is 0 Å². The Morgan fingerprint density at radius 3 is 0.269 bits per heavy atom. The van der Waals surface area contributed by atoms with Crippen LogP contribution in [0.4, 0.5) is 0 Å². The van der Waals surface area contributed by atoms with Gasteiger partial charge in [0.2, 0.25) is 0 Å². The Balaban J connectivity index is -0.000000201. The molecule has 119 heavy (non-hydrogen) atoms. The molecule has 0 aliphatic carbocycles. The van der Waals surface area contributed by atoms with E-state index in [1.54, 1.807) is 0 Å². The normalized spacial score (nSPS) is 14.3. The summed E-state index contributed by atoms with van der Waals surface area (Å²) in [6.07, 6.45) is 65.8. The molecule has 0 aliphatic rings. The first kappa shape index (κ1) is 134. The van der Waals surface area contributed by atoms with Crippen molar-refractivity contribution < 1.29 is 0 Å². The van der Waals surface area contributed by atoms with E-state index < -0.39 is 0 Å². The summed E-state index contributed by atoms with van der Waals surface area (Å²) in [4.78, 5) is 0. The fourth-order valence-electron chi connectivity index (χ4n) is 21.6. The summed E-state index contributed by atoms with van der Waals surface area (Å²) < 4.78 is 0. The molecule has 0 N–H and O–H groups in total. The van der Waals surface area contributed by atoms with Gasteiger partial charge in [-0.25, -0.2) is 0 Å². The van der Waals surface area contributed by atoms with Gasteiger partial charge in [0.1, 0.15) is 0 Å². The highest BCUT2D eigenvalue weighted by atomic mass is 14.5. The minimum Gasteiger partial charge on any atom is -0.0649 e. The molecule has 0 fully saturated rings. The first-order chi connectivity index (χ1) is 54.9. The maximum Gasteiger partial charge on any atom is -0.0292 e. The van der Waals surface area contributed by atoms with Crippen molar-refractivity contribution in [1.29, 1.82) is 0 Å². The fourth-order valence-corrected chi connectivity index (χ4v) is 21.6. The van der Waals surface area contributed by atoms with E-state index in [0.717, 1.165) is 0 Å². The first-order valence-corrected chi connectivity index (χ1v) is 54.9. The fraction of sp³-hybridized carbons (Fsp3) is 1.00. The third-order valence-electron chi connectivity index (χ3n) is 40.0. The molecular formula is C119H254. The van der Waals surface area contributed by atoms with E-state index in [9.17, 15) is 0 Å². The molecule has 0 heteroatoms. The summed E-state index contributed by atoms with van der Waals surface area (Å²) in [7, 11) is 0. The average Bonchev–Trinajstić information content (AvgIpc) is 0.808. The van der Waals surface area contributed by atoms with Gasteiger partial charge in [0, 0.05) is 0 Å². The molecule has 730 valence electrons. The molecule has 0 aromatic rings. The lowest BCUT2D eigenvalue weighted by Crippen LogP contribution is -2.35. The molecule has 0 aromatic heterocycles. The number of hydrogen-bond acceptors (Lipinski definition) is 0. The number of rotatable bonds is 59. The summed E-state index contributed by atoms with van der Waals surface area (Å²) in [6.45, 7) is 124. The van der Waals surface area contributed by atoms with E-state index in [-0.39, 0.29) is 0 Å². The van der Waals surface area contributed by atoms with Gasteiger partial charge in [-0.1, -0.05) is 610 Å². The van der Waals surface area contributed by atoms with E-state index in [4.69, 9.17) is 0 Å². The smallest absolute Gasteiger partial charge is 0.0292 e. The van der Waals surface area contributed by atoms with Gasteiger partial charge in [0.15, 0.2) is 0 Å². The molecular weight excluding hydrogens is 1430 g/mol. The lowest BCUT2D eigenvalue weighted by atomic mass is 9.59. The predicted molar refractivity (Wildman–Crippen MR) is 565 cm³/mol. The Labute approximate surface area is 767 Å². The van der Waals surface area contributed by atoms with Gasteiger partial charge in [-0.3, -0.25) is 0 Å². The summed E-state index contributed by atoms with van der Waals surface area (Å²) in [6, 6.07) is 0. The third kappa shape index (κ3) is 50.7. The molecule has 0 saturated carbocycles. The highest BCUT2D eigenvalue weighted by Gasteiger charge is 2.44. The van der Waals surface area contributed by atoms with Crippen LogP contribution in [0.25, 0.3) is 0 Å². The molecule has 2 atom stereocenters. The molecule has 0 nitrogen and oxygen atoms in total. The Morgan fingerprint density at radius 2 is 0.168 bits per heavy atom. The zero-order valence-corrected chi connectivity index (χ0v) is 95.6. The van der Waals surface area contributed by atoms with Crippen molar-refractivity contribution in [2.75, 3.05) is 0 Å². The highest BCUT2D eigenvalue weighted by molar-refractivity contribution is 4.95. The van der Waals surface area contributed by atoms with E-state index >= 15 is 0 Å². The van der Waals surface area contributed by atoms with Crippen molar-refractivity contribution in [2.24, 2.45) is 97.5 Å². The maximum absolute atomic E-state index is 2.57. The second-order valence-corrected chi connectivity index (χ2v) is 46.6. The molecule has 0 bridgehead atoms. The third-order valence-corrected chi connectivity index (χ3v) is 40.0. The van der Waals surface area contributed by atoms with Gasteiger partial charge in [0.25, 0.3) is 0 Å². The van der Waals surface area contributed by atoms with Crippen LogP contribution in [0.3, 0.4) is 0 Å². The molecule has 0 spiro atoms. The number of hydrogen-bond donors (Lipinski definition) is 0. The van der Waals surface area contributed by atoms with Gasteiger partial charge in [-0.15, -0.1) is 0 Å². The molecule has 0 rings (SSSR count). The minimum atomic E-state index is 0.480.